The third-order valence-corrected chi connectivity index (χ3v) is 10.9. The van der Waals surface area contributed by atoms with Gasteiger partial charge in [-0.25, -0.2) is 4.79 Å². The van der Waals surface area contributed by atoms with Gasteiger partial charge in [0.25, 0.3) is 0 Å². The smallest absolute Gasteiger partial charge is 0.326 e. The van der Waals surface area contributed by atoms with Crippen molar-refractivity contribution in [2.45, 2.75) is 133 Å². The Morgan fingerprint density at radius 2 is 1.07 bits per heavy atom. The van der Waals surface area contributed by atoms with Gasteiger partial charge in [-0.2, -0.15) is 0 Å². The van der Waals surface area contributed by atoms with Gasteiger partial charge in [0.1, 0.15) is 42.3 Å². The number of rotatable bonds is 32. The third-order valence-electron chi connectivity index (χ3n) is 10.9. The summed E-state index contributed by atoms with van der Waals surface area (Å²) in [6, 6.07) is -6.95. The molecule has 30 heteroatoms. The standard InChI is InChI=1S/C44H64N12O18/c1-18(2)34(54-40(69)27(15-33(64)65)51-37(66)23(45)9-12-32(62)63)41(70)49-17-31(61)50-25(10-11-29(46)59)38(67)55-36(20(4)58)43(72)56-35(19(3)57)42(71)52-26(14-30(47)60)39(68)53-28(44(73)74)13-21-16-48-24-8-6-5-7-22(21)24/h5-8,16,18-20,23,25-28,34-36,48,57-58H,9-15,17,45H2,1-4H3,(H2,46,59)(H2,47,60)(H,49,70)(H,50,61)(H,51,66)(H,52,71)(H,53,68)(H,54,69)(H,55,67)(H,56,72)(H,62,63)(H,64,65)(H,73,74)/t19-,20-,23+,25+,26+,27+,28+,34+,35+,36+/m1/s1. The summed E-state index contributed by atoms with van der Waals surface area (Å²) in [5.74, 6) is -16.5. The second-order valence-corrected chi connectivity index (χ2v) is 17.4. The van der Waals surface area contributed by atoms with Crippen LogP contribution >= 0.6 is 0 Å². The Morgan fingerprint density at radius 1 is 0.554 bits per heavy atom. The van der Waals surface area contributed by atoms with Gasteiger partial charge in [-0.05, 0) is 44.2 Å². The maximum absolute atomic E-state index is 13.6. The topological polar surface area (TPSA) is 513 Å². The van der Waals surface area contributed by atoms with E-state index in [-0.39, 0.29) is 12.8 Å². The Kier molecular flexibility index (Phi) is 24.5. The third kappa shape index (κ3) is 20.5. The molecule has 0 unspecified atom stereocenters. The van der Waals surface area contributed by atoms with Gasteiger partial charge in [-0.15, -0.1) is 0 Å². The first-order valence-electron chi connectivity index (χ1n) is 22.8. The number of aliphatic carboxylic acids is 3. The molecule has 0 saturated carbocycles. The number of aromatic amines is 1. The van der Waals surface area contributed by atoms with E-state index in [1.165, 1.54) is 20.0 Å². The summed E-state index contributed by atoms with van der Waals surface area (Å²) in [6.07, 6.45) is -6.08. The van der Waals surface area contributed by atoms with Crippen molar-refractivity contribution < 1.29 is 87.9 Å². The summed E-state index contributed by atoms with van der Waals surface area (Å²) in [6.45, 7) is 4.05. The van der Waals surface area contributed by atoms with Crippen molar-refractivity contribution in [2.24, 2.45) is 23.1 Å². The van der Waals surface area contributed by atoms with Crippen LogP contribution in [-0.2, 0) is 68.7 Å². The van der Waals surface area contributed by atoms with E-state index in [2.05, 4.69) is 47.5 Å². The average molecular weight is 1050 g/mol. The summed E-state index contributed by atoms with van der Waals surface area (Å²) in [5, 5.41) is 67.4. The molecule has 30 nitrogen and oxygen atoms in total. The van der Waals surface area contributed by atoms with E-state index in [1.54, 1.807) is 24.3 Å². The number of carboxylic acid groups (broad SMARTS) is 3. The summed E-state index contributed by atoms with van der Waals surface area (Å²) >= 11 is 0. The van der Waals surface area contributed by atoms with Crippen LogP contribution < -0.4 is 59.7 Å². The molecule has 1 aromatic heterocycles. The summed E-state index contributed by atoms with van der Waals surface area (Å²) in [4.78, 5) is 168. The molecule has 0 bridgehead atoms. The molecule has 74 heavy (non-hydrogen) atoms. The molecular formula is C44H64N12O18. The summed E-state index contributed by atoms with van der Waals surface area (Å²) < 4.78 is 0. The predicted octanol–water partition coefficient (Wildman–Crippen LogP) is -6.47. The van der Waals surface area contributed by atoms with Crippen LogP contribution in [0.1, 0.15) is 71.8 Å². The van der Waals surface area contributed by atoms with Gasteiger partial charge in [-0.1, -0.05) is 32.0 Å². The summed E-state index contributed by atoms with van der Waals surface area (Å²) in [7, 11) is 0. The second kappa shape index (κ2) is 29.3. The van der Waals surface area contributed by atoms with Crippen LogP contribution in [0.15, 0.2) is 30.5 Å². The average Bonchev–Trinajstić information content (AvgIpc) is 3.71. The molecule has 0 radical (unpaired) electrons. The van der Waals surface area contributed by atoms with Crippen LogP contribution in [-0.4, -0.2) is 175 Å². The highest BCUT2D eigenvalue weighted by molar-refractivity contribution is 5.99. The molecule has 0 aliphatic heterocycles. The molecule has 0 saturated heterocycles. The number of fused-ring (bicyclic) bond motifs is 1. The van der Waals surface area contributed by atoms with Crippen LogP contribution in [0.5, 0.6) is 0 Å². The Hall–Kier alpha value is -8.25. The van der Waals surface area contributed by atoms with Crippen molar-refractivity contribution in [2.75, 3.05) is 6.54 Å². The zero-order valence-corrected chi connectivity index (χ0v) is 40.7. The normalized spacial score (nSPS) is 15.1. The number of aliphatic hydroxyl groups is 2. The van der Waals surface area contributed by atoms with E-state index in [9.17, 15) is 82.8 Å². The Morgan fingerprint density at radius 3 is 1.61 bits per heavy atom. The number of primary amides is 2. The number of carboxylic acids is 3. The van der Waals surface area contributed by atoms with E-state index in [1.807, 2.05) is 0 Å². The molecule has 0 fully saturated rings. The van der Waals surface area contributed by atoms with Crippen molar-refractivity contribution in [3.8, 4) is 0 Å². The molecular weight excluding hydrogens is 985 g/mol. The first-order valence-corrected chi connectivity index (χ1v) is 22.8. The lowest BCUT2D eigenvalue weighted by molar-refractivity contribution is -0.143. The highest BCUT2D eigenvalue weighted by atomic mass is 16.4. The lowest BCUT2D eigenvalue weighted by Crippen LogP contribution is -2.63. The largest absolute Gasteiger partial charge is 0.481 e. The van der Waals surface area contributed by atoms with Crippen molar-refractivity contribution >= 4 is 87.9 Å². The monoisotopic (exact) mass is 1050 g/mol. The fraction of sp³-hybridized carbons (Fsp3) is 0.523. The molecule has 10 amide bonds. The van der Waals surface area contributed by atoms with E-state index in [0.717, 1.165) is 13.8 Å². The number of H-pyrrole nitrogens is 1. The number of amides is 10. The highest BCUT2D eigenvalue weighted by Crippen LogP contribution is 2.19. The quantitative estimate of drug-likeness (QED) is 0.0324. The number of para-hydroxylation sites is 1. The second-order valence-electron chi connectivity index (χ2n) is 17.4. The molecule has 1 aromatic carbocycles. The highest BCUT2D eigenvalue weighted by Gasteiger charge is 2.37. The van der Waals surface area contributed by atoms with Gasteiger partial charge in [0.15, 0.2) is 0 Å². The number of nitrogens with two attached hydrogens (primary N) is 3. The van der Waals surface area contributed by atoms with E-state index in [0.29, 0.717) is 16.5 Å². The van der Waals surface area contributed by atoms with Crippen LogP contribution in [0.3, 0.4) is 0 Å². The SMILES string of the molecule is CC(C)[C@H](NC(=O)[C@H](CC(=O)O)NC(=O)[C@@H](N)CCC(=O)O)C(=O)NCC(=O)N[C@@H](CCC(N)=O)C(=O)N[C@H](C(=O)N[C@H](C(=O)N[C@@H](CC(N)=O)C(=O)N[C@@H](Cc1c[nH]c2ccccc12)C(=O)O)[C@@H](C)O)[C@@H](C)O. The number of hydrogen-bond acceptors (Lipinski definition) is 16. The molecule has 2 aromatic rings. The molecule has 1 heterocycles. The van der Waals surface area contributed by atoms with Crippen LogP contribution in [0.25, 0.3) is 10.9 Å². The van der Waals surface area contributed by atoms with Crippen molar-refractivity contribution in [1.82, 2.24) is 47.5 Å². The van der Waals surface area contributed by atoms with Crippen LogP contribution in [0, 0.1) is 5.92 Å². The van der Waals surface area contributed by atoms with Gasteiger partial charge >= 0.3 is 17.9 Å². The van der Waals surface area contributed by atoms with Gasteiger partial charge in [0.2, 0.25) is 59.1 Å². The van der Waals surface area contributed by atoms with Crippen molar-refractivity contribution in [1.29, 1.82) is 0 Å². The maximum atomic E-state index is 13.6. The molecule has 10 atom stereocenters. The molecule has 0 spiro atoms. The Bertz CT molecular complexity index is 2410. The molecule has 20 N–H and O–H groups in total. The van der Waals surface area contributed by atoms with E-state index >= 15 is 0 Å². The lowest BCUT2D eigenvalue weighted by Gasteiger charge is -2.28. The minimum atomic E-state index is -1.99. The van der Waals surface area contributed by atoms with Crippen molar-refractivity contribution in [3.05, 3.63) is 36.0 Å². The number of benzene rings is 1. The number of carbonyl (C=O) groups is 13. The van der Waals surface area contributed by atoms with E-state index < -0.39 is 182 Å². The first-order chi connectivity index (χ1) is 34.5. The molecule has 408 valence electrons. The molecule has 2 rings (SSSR count). The number of nitrogens with one attached hydrogen (secondary N) is 9. The van der Waals surface area contributed by atoms with Crippen molar-refractivity contribution in [3.63, 3.8) is 0 Å². The van der Waals surface area contributed by atoms with Crippen LogP contribution in [0.2, 0.25) is 0 Å². The molecule has 0 aliphatic carbocycles. The van der Waals surface area contributed by atoms with E-state index in [4.69, 9.17) is 22.3 Å². The fourth-order valence-electron chi connectivity index (χ4n) is 6.91. The van der Waals surface area contributed by atoms with Crippen LogP contribution in [0.4, 0.5) is 0 Å². The van der Waals surface area contributed by atoms with Gasteiger partial charge in [0, 0.05) is 36.4 Å². The van der Waals surface area contributed by atoms with Gasteiger partial charge in [0.05, 0.1) is 37.6 Å². The number of aromatic nitrogens is 1. The number of carbonyl (C=O) groups excluding carboxylic acids is 10. The summed E-state index contributed by atoms with van der Waals surface area (Å²) in [5.41, 5.74) is 17.4. The minimum Gasteiger partial charge on any atom is -0.481 e. The van der Waals surface area contributed by atoms with Gasteiger partial charge in [-0.3, -0.25) is 57.5 Å². The lowest BCUT2D eigenvalue weighted by atomic mass is 10.0. The fourth-order valence-corrected chi connectivity index (χ4v) is 6.91. The first kappa shape index (κ1) is 61.9. The number of aliphatic hydroxyl groups excluding tert-OH is 2. The molecule has 0 aliphatic rings. The Labute approximate surface area is 421 Å². The predicted molar refractivity (Wildman–Crippen MR) is 254 cm³/mol. The maximum Gasteiger partial charge on any atom is 0.326 e. The van der Waals surface area contributed by atoms with Gasteiger partial charge < -0.3 is 90.3 Å². The minimum absolute atomic E-state index is 0.243. The number of hydrogen-bond donors (Lipinski definition) is 17. The Balaban J connectivity index is 2.20. The zero-order chi connectivity index (χ0) is 56.1. The zero-order valence-electron chi connectivity index (χ0n) is 40.7.